The van der Waals surface area contributed by atoms with Gasteiger partial charge in [0.25, 0.3) is 0 Å². The highest BCUT2D eigenvalue weighted by Crippen LogP contribution is 2.21. The number of hydrogen-bond acceptors (Lipinski definition) is 12. The minimum Gasteiger partial charge on any atom is -0.462 e. The number of esters is 5. The highest BCUT2D eigenvalue weighted by molar-refractivity contribution is 5.69. The van der Waals surface area contributed by atoms with Gasteiger partial charge in [0.2, 0.25) is 6.20 Å². The van der Waals surface area contributed by atoms with Crippen LogP contribution < -0.4 is 0 Å². The zero-order chi connectivity index (χ0) is 23.4. The van der Waals surface area contributed by atoms with Gasteiger partial charge in [-0.2, -0.15) is 0 Å². The highest BCUT2D eigenvalue weighted by atomic mass is 16.6. The number of hydrogen-bond donors (Lipinski definition) is 0. The maximum atomic E-state index is 11.6. The van der Waals surface area contributed by atoms with E-state index in [9.17, 15) is 34.1 Å². The van der Waals surface area contributed by atoms with E-state index in [2.05, 4.69) is 0 Å². The fraction of sp³-hybridized carbons (Fsp3) is 0.588. The molecule has 0 aliphatic rings. The van der Waals surface area contributed by atoms with Gasteiger partial charge in [-0.25, -0.2) is 0 Å². The third-order valence-electron chi connectivity index (χ3n) is 3.09. The molecule has 13 heteroatoms. The van der Waals surface area contributed by atoms with Crippen molar-refractivity contribution in [2.75, 3.05) is 6.61 Å². The molecule has 0 heterocycles. The minimum atomic E-state index is -1.69. The van der Waals surface area contributed by atoms with Crippen LogP contribution in [0.1, 0.15) is 34.6 Å². The van der Waals surface area contributed by atoms with Crippen molar-refractivity contribution >= 4 is 29.8 Å². The first-order valence-corrected chi connectivity index (χ1v) is 8.47. The summed E-state index contributed by atoms with van der Waals surface area (Å²) in [7, 11) is 0. The average Bonchev–Trinajstić information content (AvgIpc) is 2.57. The van der Waals surface area contributed by atoms with Crippen LogP contribution in [0.25, 0.3) is 0 Å². The van der Waals surface area contributed by atoms with Gasteiger partial charge in [-0.05, 0) is 0 Å². The molecule has 4 atom stereocenters. The quantitative estimate of drug-likeness (QED) is 0.186. The molecular formula is C17H23NO12. The Labute approximate surface area is 171 Å². The molecule has 0 aromatic carbocycles. The van der Waals surface area contributed by atoms with Gasteiger partial charge in [0.05, 0.1) is 4.92 Å². The summed E-state index contributed by atoms with van der Waals surface area (Å²) in [5.74, 6) is -4.39. The Kier molecular flexibility index (Phi) is 11.3. The van der Waals surface area contributed by atoms with Crippen LogP contribution in [0.3, 0.4) is 0 Å². The van der Waals surface area contributed by atoms with Crippen LogP contribution in [0, 0.1) is 10.1 Å². The van der Waals surface area contributed by atoms with Crippen molar-refractivity contribution in [1.29, 1.82) is 0 Å². The largest absolute Gasteiger partial charge is 0.462 e. The van der Waals surface area contributed by atoms with Gasteiger partial charge < -0.3 is 23.7 Å². The minimum absolute atomic E-state index is 0.418. The number of carbonyl (C=O) groups excluding carboxylic acids is 5. The van der Waals surface area contributed by atoms with Crippen LogP contribution >= 0.6 is 0 Å². The van der Waals surface area contributed by atoms with Crippen LogP contribution in [0.5, 0.6) is 0 Å². The fourth-order valence-corrected chi connectivity index (χ4v) is 2.23. The summed E-state index contributed by atoms with van der Waals surface area (Å²) in [5, 5.41) is 10.7. The molecule has 0 aliphatic heterocycles. The average molecular weight is 433 g/mol. The van der Waals surface area contributed by atoms with Crippen LogP contribution in [0.15, 0.2) is 12.3 Å². The zero-order valence-electron chi connectivity index (χ0n) is 17.0. The molecule has 0 spiro atoms. The lowest BCUT2D eigenvalue weighted by molar-refractivity contribution is -0.403. The van der Waals surface area contributed by atoms with E-state index in [0.29, 0.717) is 6.20 Å². The molecule has 0 aromatic rings. The molecule has 30 heavy (non-hydrogen) atoms. The summed E-state index contributed by atoms with van der Waals surface area (Å²) >= 11 is 0. The summed E-state index contributed by atoms with van der Waals surface area (Å²) in [4.78, 5) is 67.2. The molecule has 0 rings (SSSR count). The smallest absolute Gasteiger partial charge is 0.303 e. The van der Waals surface area contributed by atoms with E-state index >= 15 is 0 Å². The standard InChI is InChI=1S/C17H23NO12/c1-9(19)26-8-15(28-11(3)21)17(30-13(5)23)16(29-12(4)22)14(27-10(2)20)6-7-18(24)25/h6-7,14-17H,8H2,1-5H3/b7-6+/t14-,15-,16-,17-/m1/s1. The Bertz CT molecular complexity index is 701. The highest BCUT2D eigenvalue weighted by Gasteiger charge is 2.43. The first-order chi connectivity index (χ1) is 13.8. The second-order valence-electron chi connectivity index (χ2n) is 5.80. The van der Waals surface area contributed by atoms with E-state index in [1.807, 2.05) is 0 Å². The summed E-state index contributed by atoms with van der Waals surface area (Å²) < 4.78 is 25.0. The van der Waals surface area contributed by atoms with Crippen molar-refractivity contribution in [3.8, 4) is 0 Å². The molecule has 0 bridgehead atoms. The number of nitrogens with zero attached hydrogens (tertiary/aromatic N) is 1. The molecule has 13 nitrogen and oxygen atoms in total. The molecule has 0 saturated carbocycles. The van der Waals surface area contributed by atoms with Crippen LogP contribution in [0.2, 0.25) is 0 Å². The van der Waals surface area contributed by atoms with Gasteiger partial charge in [0.15, 0.2) is 24.4 Å². The first-order valence-electron chi connectivity index (χ1n) is 8.47. The second-order valence-corrected chi connectivity index (χ2v) is 5.80. The van der Waals surface area contributed by atoms with Crippen molar-refractivity contribution in [2.24, 2.45) is 0 Å². The predicted octanol–water partition coefficient (Wildman–Crippen LogP) is 0.0667. The maximum Gasteiger partial charge on any atom is 0.303 e. The van der Waals surface area contributed by atoms with Gasteiger partial charge >= 0.3 is 29.8 Å². The SMILES string of the molecule is CC(=O)OC[C@@H](OC(C)=O)[C@@H](OC(C)=O)[C@H](OC(C)=O)[C@@H](/C=C/[N+](=O)[O-])OC(C)=O. The van der Waals surface area contributed by atoms with E-state index in [0.717, 1.165) is 40.7 Å². The summed E-state index contributed by atoms with van der Waals surface area (Å²) in [6.45, 7) is 4.42. The lowest BCUT2D eigenvalue weighted by atomic mass is 10.0. The Balaban J connectivity index is 6.33. The lowest BCUT2D eigenvalue weighted by Gasteiger charge is -2.34. The Morgan fingerprint density at radius 1 is 0.767 bits per heavy atom. The molecule has 0 fully saturated rings. The predicted molar refractivity (Wildman–Crippen MR) is 95.0 cm³/mol. The van der Waals surface area contributed by atoms with Gasteiger partial charge in [0, 0.05) is 40.7 Å². The fourth-order valence-electron chi connectivity index (χ4n) is 2.23. The van der Waals surface area contributed by atoms with Crippen LogP contribution in [0.4, 0.5) is 0 Å². The molecule has 0 amide bonds. The topological polar surface area (TPSA) is 175 Å². The Morgan fingerprint density at radius 3 is 1.63 bits per heavy atom. The third kappa shape index (κ3) is 11.4. The summed E-state index contributed by atoms with van der Waals surface area (Å²) in [6.07, 6.45) is -5.26. The molecule has 168 valence electrons. The van der Waals surface area contributed by atoms with E-state index in [1.165, 1.54) is 0 Å². The monoisotopic (exact) mass is 433 g/mol. The maximum absolute atomic E-state index is 11.6. The second kappa shape index (κ2) is 12.9. The molecule has 0 radical (unpaired) electrons. The lowest BCUT2D eigenvalue weighted by Crippen LogP contribution is -2.52. The molecular weight excluding hydrogens is 410 g/mol. The first kappa shape index (κ1) is 26.5. The number of ether oxygens (including phenoxy) is 5. The molecule has 0 aromatic heterocycles. The third-order valence-corrected chi connectivity index (χ3v) is 3.09. The molecule has 0 N–H and O–H groups in total. The zero-order valence-corrected chi connectivity index (χ0v) is 17.0. The van der Waals surface area contributed by atoms with Gasteiger partial charge in [-0.1, -0.05) is 0 Å². The number of rotatable bonds is 11. The summed E-state index contributed by atoms with van der Waals surface area (Å²) in [5.41, 5.74) is 0. The van der Waals surface area contributed by atoms with Gasteiger partial charge in [-0.15, -0.1) is 0 Å². The Hall–Kier alpha value is -3.51. The van der Waals surface area contributed by atoms with Crippen molar-refractivity contribution in [3.05, 3.63) is 22.4 Å². The van der Waals surface area contributed by atoms with E-state index in [1.54, 1.807) is 0 Å². The summed E-state index contributed by atoms with van der Waals surface area (Å²) in [6, 6.07) is 0. The van der Waals surface area contributed by atoms with E-state index in [-0.39, 0.29) is 0 Å². The van der Waals surface area contributed by atoms with Crippen LogP contribution in [-0.2, 0) is 47.7 Å². The van der Waals surface area contributed by atoms with Gasteiger partial charge in [-0.3, -0.25) is 34.1 Å². The van der Waals surface area contributed by atoms with Crippen molar-refractivity contribution in [2.45, 2.75) is 59.0 Å². The van der Waals surface area contributed by atoms with Crippen molar-refractivity contribution in [1.82, 2.24) is 0 Å². The van der Waals surface area contributed by atoms with Crippen LogP contribution in [-0.4, -0.2) is 65.8 Å². The number of carbonyl (C=O) groups is 5. The van der Waals surface area contributed by atoms with Crippen molar-refractivity contribution < 1.29 is 52.6 Å². The number of nitro groups is 1. The van der Waals surface area contributed by atoms with Crippen molar-refractivity contribution in [3.63, 3.8) is 0 Å². The van der Waals surface area contributed by atoms with Gasteiger partial charge in [0.1, 0.15) is 6.61 Å². The normalized spacial score (nSPS) is 14.6. The van der Waals surface area contributed by atoms with E-state index < -0.39 is 65.8 Å². The molecule has 0 saturated heterocycles. The van der Waals surface area contributed by atoms with E-state index in [4.69, 9.17) is 23.7 Å². The molecule has 0 aliphatic carbocycles. The molecule has 0 unspecified atom stereocenters. The Morgan fingerprint density at radius 2 is 1.23 bits per heavy atom.